The van der Waals surface area contributed by atoms with E-state index < -0.39 is 0 Å². The Bertz CT molecular complexity index is 1050. The molecule has 7 heteroatoms. The summed E-state index contributed by atoms with van der Waals surface area (Å²) in [5.41, 5.74) is 10.5. The van der Waals surface area contributed by atoms with Crippen molar-refractivity contribution in [1.29, 1.82) is 0 Å². The van der Waals surface area contributed by atoms with Crippen LogP contribution in [-0.2, 0) is 6.61 Å². The Morgan fingerprint density at radius 3 is 2.22 bits per heavy atom. The Kier molecular flexibility index (Phi) is 12.6. The van der Waals surface area contributed by atoms with Crippen LogP contribution in [0.2, 0.25) is 0 Å². The van der Waals surface area contributed by atoms with Gasteiger partial charge in [-0.1, -0.05) is 75.6 Å². The van der Waals surface area contributed by atoms with Crippen LogP contribution in [0.4, 0.5) is 0 Å². The van der Waals surface area contributed by atoms with Crippen molar-refractivity contribution in [2.75, 3.05) is 13.7 Å². The summed E-state index contributed by atoms with van der Waals surface area (Å²) in [5.74, 6) is 8.17. The molecule has 1 atom stereocenters. The van der Waals surface area contributed by atoms with Crippen molar-refractivity contribution in [1.82, 2.24) is 10.1 Å². The Balaban J connectivity index is 0.00000157. The third kappa shape index (κ3) is 8.88. The topological polar surface area (TPSA) is 110 Å². The van der Waals surface area contributed by atoms with Crippen molar-refractivity contribution in [3.8, 4) is 5.75 Å². The van der Waals surface area contributed by atoms with Gasteiger partial charge in [-0.15, -0.1) is 5.10 Å². The number of rotatable bonds is 10. The SMILES string of the molecule is C.CCN(N)/N=C(/N)c1ccc([C@@H](CC2CCCC2)c2ccc(OCc3ccccn3)cc2)cc1.CO. The quantitative estimate of drug-likeness (QED) is 0.147. The van der Waals surface area contributed by atoms with Gasteiger partial charge in [0.1, 0.15) is 12.4 Å². The molecule has 0 saturated heterocycles. The number of pyridine rings is 1. The summed E-state index contributed by atoms with van der Waals surface area (Å²) in [6.45, 7) is 3.00. The zero-order valence-electron chi connectivity index (χ0n) is 21.4. The molecular weight excluding hydrogens is 462 g/mol. The van der Waals surface area contributed by atoms with Crippen LogP contribution in [0.5, 0.6) is 5.75 Å². The molecule has 1 aromatic heterocycles. The number of nitrogens with zero attached hydrogens (tertiary/aromatic N) is 3. The fourth-order valence-electron chi connectivity index (χ4n) is 4.63. The molecule has 1 heterocycles. The van der Waals surface area contributed by atoms with Gasteiger partial charge in [0.2, 0.25) is 0 Å². The first-order valence-corrected chi connectivity index (χ1v) is 12.7. The van der Waals surface area contributed by atoms with Gasteiger partial charge in [-0.25, -0.2) is 11.0 Å². The molecule has 2 aromatic carbocycles. The van der Waals surface area contributed by atoms with E-state index in [0.717, 1.165) is 36.5 Å². The van der Waals surface area contributed by atoms with Crippen LogP contribution in [0.15, 0.2) is 78.0 Å². The third-order valence-corrected chi connectivity index (χ3v) is 6.61. The van der Waals surface area contributed by atoms with Crippen molar-refractivity contribution in [3.63, 3.8) is 0 Å². The fraction of sp³-hybridized carbons (Fsp3) is 0.400. The van der Waals surface area contributed by atoms with Crippen LogP contribution in [-0.4, -0.2) is 34.7 Å². The predicted molar refractivity (Wildman–Crippen MR) is 152 cm³/mol. The van der Waals surface area contributed by atoms with Gasteiger partial charge in [-0.05, 0) is 54.7 Å². The van der Waals surface area contributed by atoms with Gasteiger partial charge in [-0.2, -0.15) is 0 Å². The molecule has 1 aliphatic rings. The molecule has 3 aromatic rings. The zero-order chi connectivity index (χ0) is 25.8. The standard InChI is InChI=1S/C28H35N5O.CH4O.CH4/c1-2-33(30)32-28(29)24-12-10-22(11-13-24)27(19-21-7-3-4-8-21)23-14-16-26(17-15-23)34-20-25-9-5-6-18-31-25;1-2;/h5-6,9-18,21,27H,2-4,7-8,19-20,30H2,1H3,(H2,29,32);2H,1H3;1H4/t27-;;/m1../s1. The molecule has 1 fully saturated rings. The van der Waals surface area contributed by atoms with Crippen LogP contribution in [0.3, 0.4) is 0 Å². The van der Waals surface area contributed by atoms with E-state index in [-0.39, 0.29) is 7.43 Å². The van der Waals surface area contributed by atoms with Crippen LogP contribution in [0, 0.1) is 5.92 Å². The Morgan fingerprint density at radius 1 is 1.03 bits per heavy atom. The van der Waals surface area contributed by atoms with Crippen molar-refractivity contribution in [2.45, 2.75) is 59.0 Å². The van der Waals surface area contributed by atoms with Crippen LogP contribution in [0.25, 0.3) is 0 Å². The summed E-state index contributed by atoms with van der Waals surface area (Å²) in [7, 11) is 1.00. The third-order valence-electron chi connectivity index (χ3n) is 6.61. The first-order valence-electron chi connectivity index (χ1n) is 12.7. The number of hydrogen-bond donors (Lipinski definition) is 3. The van der Waals surface area contributed by atoms with Crippen LogP contribution in [0.1, 0.15) is 74.8 Å². The Morgan fingerprint density at radius 2 is 1.65 bits per heavy atom. The summed E-state index contributed by atoms with van der Waals surface area (Å²) < 4.78 is 5.95. The highest BCUT2D eigenvalue weighted by Crippen LogP contribution is 2.38. The average molecular weight is 506 g/mol. The highest BCUT2D eigenvalue weighted by Gasteiger charge is 2.23. The second-order valence-corrected chi connectivity index (χ2v) is 8.98. The highest BCUT2D eigenvalue weighted by molar-refractivity contribution is 5.97. The van der Waals surface area contributed by atoms with E-state index >= 15 is 0 Å². The summed E-state index contributed by atoms with van der Waals surface area (Å²) in [5, 5.41) is 12.6. The van der Waals surface area contributed by atoms with E-state index in [0.29, 0.717) is 24.9 Å². The van der Waals surface area contributed by atoms with Crippen molar-refractivity contribution in [2.24, 2.45) is 22.6 Å². The number of hydrazine groups is 1. The first-order chi connectivity index (χ1) is 17.6. The van der Waals surface area contributed by atoms with E-state index in [1.807, 2.05) is 37.3 Å². The summed E-state index contributed by atoms with van der Waals surface area (Å²) in [4.78, 5) is 4.32. The summed E-state index contributed by atoms with van der Waals surface area (Å²) >= 11 is 0. The maximum absolute atomic E-state index is 7.00. The number of nitrogens with two attached hydrogens (primary N) is 2. The van der Waals surface area contributed by atoms with Gasteiger partial charge in [-0.3, -0.25) is 4.98 Å². The summed E-state index contributed by atoms with van der Waals surface area (Å²) in [6, 6.07) is 22.8. The lowest BCUT2D eigenvalue weighted by Gasteiger charge is -2.22. The molecule has 0 amide bonds. The number of benzene rings is 2. The molecular formula is C30H43N5O2. The van der Waals surface area contributed by atoms with Gasteiger partial charge < -0.3 is 15.6 Å². The number of amidine groups is 1. The van der Waals surface area contributed by atoms with Crippen molar-refractivity contribution < 1.29 is 9.84 Å². The Hall–Kier alpha value is -3.42. The van der Waals surface area contributed by atoms with Crippen molar-refractivity contribution >= 4 is 5.84 Å². The van der Waals surface area contributed by atoms with Gasteiger partial charge in [0.25, 0.3) is 0 Å². The normalized spacial score (nSPS) is 14.2. The first kappa shape index (κ1) is 29.8. The molecule has 0 aliphatic heterocycles. The van der Waals surface area contributed by atoms with E-state index in [2.05, 4.69) is 46.5 Å². The average Bonchev–Trinajstić information content (AvgIpc) is 3.46. The van der Waals surface area contributed by atoms with E-state index in [4.69, 9.17) is 21.4 Å². The van der Waals surface area contributed by atoms with Gasteiger partial charge in [0.05, 0.1) is 12.2 Å². The van der Waals surface area contributed by atoms with Gasteiger partial charge in [0.15, 0.2) is 5.84 Å². The molecule has 5 N–H and O–H groups in total. The monoisotopic (exact) mass is 505 g/mol. The number of hydrazone groups is 1. The Labute approximate surface area is 222 Å². The molecule has 200 valence electrons. The lowest BCUT2D eigenvalue weighted by Crippen LogP contribution is -2.29. The number of aliphatic hydroxyl groups excluding tert-OH is 1. The number of aliphatic hydroxyl groups is 1. The minimum absolute atomic E-state index is 0. The smallest absolute Gasteiger partial charge is 0.152 e. The zero-order valence-corrected chi connectivity index (χ0v) is 21.4. The highest BCUT2D eigenvalue weighted by atomic mass is 16.5. The minimum Gasteiger partial charge on any atom is -0.487 e. The maximum atomic E-state index is 7.00. The number of ether oxygens (including phenoxy) is 1. The molecule has 0 radical (unpaired) electrons. The number of aromatic nitrogens is 1. The summed E-state index contributed by atoms with van der Waals surface area (Å²) in [6.07, 6.45) is 8.28. The second kappa shape index (κ2) is 15.6. The second-order valence-electron chi connectivity index (χ2n) is 8.98. The molecule has 0 spiro atoms. The van der Waals surface area contributed by atoms with E-state index in [1.165, 1.54) is 41.9 Å². The molecule has 1 aliphatic carbocycles. The fourth-order valence-corrected chi connectivity index (χ4v) is 4.63. The molecule has 1 saturated carbocycles. The van der Waals surface area contributed by atoms with Crippen LogP contribution >= 0.6 is 0 Å². The maximum Gasteiger partial charge on any atom is 0.152 e. The van der Waals surface area contributed by atoms with Crippen molar-refractivity contribution in [3.05, 3.63) is 95.3 Å². The molecule has 37 heavy (non-hydrogen) atoms. The van der Waals surface area contributed by atoms with E-state index in [9.17, 15) is 0 Å². The van der Waals surface area contributed by atoms with Gasteiger partial charge in [0, 0.05) is 24.8 Å². The molecule has 4 rings (SSSR count). The molecule has 7 nitrogen and oxygen atoms in total. The predicted octanol–water partition coefficient (Wildman–Crippen LogP) is 5.43. The largest absolute Gasteiger partial charge is 0.487 e. The minimum atomic E-state index is 0. The van der Waals surface area contributed by atoms with E-state index in [1.54, 1.807) is 6.20 Å². The number of hydrogen-bond acceptors (Lipinski definition) is 6. The molecule has 0 bridgehead atoms. The van der Waals surface area contributed by atoms with Gasteiger partial charge >= 0.3 is 0 Å². The molecule has 0 unspecified atom stereocenters. The lowest BCUT2D eigenvalue weighted by molar-refractivity contribution is 0.301. The van der Waals surface area contributed by atoms with Crippen LogP contribution < -0.4 is 16.3 Å². The lowest BCUT2D eigenvalue weighted by atomic mass is 9.83.